The largest absolute Gasteiger partial charge is 0.496 e. The maximum atomic E-state index is 11.0. The molecule has 76 valence electrons. The second-order valence-electron chi connectivity index (χ2n) is 2.69. The van der Waals surface area contributed by atoms with E-state index in [1.807, 2.05) is 0 Å². The van der Waals surface area contributed by atoms with Crippen LogP contribution in [0, 0.1) is 11.3 Å². The van der Waals surface area contributed by atoms with Gasteiger partial charge >= 0.3 is 5.97 Å². The number of carboxylic acid groups (broad SMARTS) is 1. The molecular formula is C11H9NO3. The van der Waals surface area contributed by atoms with Gasteiger partial charge in [0.05, 0.1) is 13.2 Å². The van der Waals surface area contributed by atoms with Crippen LogP contribution >= 0.6 is 0 Å². The number of nitriles is 1. The molecule has 0 saturated heterocycles. The summed E-state index contributed by atoms with van der Waals surface area (Å²) in [5.41, 5.74) is 0.509. The lowest BCUT2D eigenvalue weighted by Gasteiger charge is -2.06. The molecule has 0 aliphatic heterocycles. The predicted octanol–water partition coefficient (Wildman–Crippen LogP) is 1.93. The Labute approximate surface area is 87.0 Å². The van der Waals surface area contributed by atoms with Crippen molar-refractivity contribution in [2.24, 2.45) is 0 Å². The summed E-state index contributed by atoms with van der Waals surface area (Å²) < 4.78 is 4.93. The van der Waals surface area contributed by atoms with Gasteiger partial charge in [-0.15, -0.1) is 0 Å². The number of allylic oxidation sites excluding steroid dienone is 1. The van der Waals surface area contributed by atoms with E-state index >= 15 is 0 Å². The average molecular weight is 203 g/mol. The minimum Gasteiger partial charge on any atom is -0.496 e. The lowest BCUT2D eigenvalue weighted by Crippen LogP contribution is -2.02. The van der Waals surface area contributed by atoms with E-state index in [-0.39, 0.29) is 11.3 Å². The number of methoxy groups -OCH3 is 1. The SMILES string of the molecule is COc1cccc(C=CC#N)c1C(=O)O. The summed E-state index contributed by atoms with van der Waals surface area (Å²) in [5.74, 6) is -0.798. The van der Waals surface area contributed by atoms with E-state index in [2.05, 4.69) is 0 Å². The molecule has 1 aromatic carbocycles. The zero-order valence-electron chi connectivity index (χ0n) is 8.10. The second kappa shape index (κ2) is 4.82. The van der Waals surface area contributed by atoms with E-state index in [0.717, 1.165) is 0 Å². The number of nitrogens with zero attached hydrogens (tertiary/aromatic N) is 1. The topological polar surface area (TPSA) is 70.3 Å². The molecule has 0 aliphatic carbocycles. The fourth-order valence-electron chi connectivity index (χ4n) is 1.21. The number of hydrogen-bond donors (Lipinski definition) is 1. The first-order valence-electron chi connectivity index (χ1n) is 4.17. The third-order valence-corrected chi connectivity index (χ3v) is 1.83. The minimum atomic E-state index is -1.08. The Balaban J connectivity index is 3.33. The molecule has 0 spiro atoms. The monoisotopic (exact) mass is 203 g/mol. The zero-order valence-corrected chi connectivity index (χ0v) is 8.10. The Hall–Kier alpha value is -2.28. The maximum Gasteiger partial charge on any atom is 0.340 e. The lowest BCUT2D eigenvalue weighted by atomic mass is 10.1. The van der Waals surface area contributed by atoms with Gasteiger partial charge in [-0.05, 0) is 17.7 Å². The second-order valence-corrected chi connectivity index (χ2v) is 2.69. The van der Waals surface area contributed by atoms with Crippen LogP contribution in [0.2, 0.25) is 0 Å². The Morgan fingerprint density at radius 2 is 2.33 bits per heavy atom. The van der Waals surface area contributed by atoms with Crippen LogP contribution in [0.5, 0.6) is 5.75 Å². The third kappa shape index (κ3) is 2.35. The maximum absolute atomic E-state index is 11.0. The average Bonchev–Trinajstić information content (AvgIpc) is 2.25. The Kier molecular flexibility index (Phi) is 3.47. The van der Waals surface area contributed by atoms with Crippen molar-refractivity contribution in [3.05, 3.63) is 35.4 Å². The Morgan fingerprint density at radius 3 is 2.87 bits per heavy atom. The van der Waals surface area contributed by atoms with Crippen molar-refractivity contribution in [2.45, 2.75) is 0 Å². The van der Waals surface area contributed by atoms with E-state index in [4.69, 9.17) is 15.1 Å². The number of ether oxygens (including phenoxy) is 1. The highest BCUT2D eigenvalue weighted by Gasteiger charge is 2.13. The molecular weight excluding hydrogens is 194 g/mol. The van der Waals surface area contributed by atoms with E-state index < -0.39 is 5.97 Å². The van der Waals surface area contributed by atoms with E-state index in [9.17, 15) is 4.79 Å². The van der Waals surface area contributed by atoms with Crippen molar-refractivity contribution in [3.8, 4) is 11.8 Å². The van der Waals surface area contributed by atoms with E-state index in [1.54, 1.807) is 24.3 Å². The molecule has 0 unspecified atom stereocenters. The summed E-state index contributed by atoms with van der Waals surface area (Å²) in [5, 5.41) is 17.3. The molecule has 4 nitrogen and oxygen atoms in total. The molecule has 1 aromatic rings. The Bertz CT molecular complexity index is 444. The first-order chi connectivity index (χ1) is 7.20. The van der Waals surface area contributed by atoms with E-state index in [0.29, 0.717) is 5.56 Å². The van der Waals surface area contributed by atoms with Crippen molar-refractivity contribution < 1.29 is 14.6 Å². The highest BCUT2D eigenvalue weighted by Crippen LogP contribution is 2.23. The van der Waals surface area contributed by atoms with E-state index in [1.165, 1.54) is 19.3 Å². The van der Waals surface area contributed by atoms with Crippen molar-refractivity contribution >= 4 is 12.0 Å². The van der Waals surface area contributed by atoms with Gasteiger partial charge in [0.2, 0.25) is 0 Å². The quantitative estimate of drug-likeness (QED) is 0.762. The fourth-order valence-corrected chi connectivity index (χ4v) is 1.21. The van der Waals surface area contributed by atoms with Gasteiger partial charge in [-0.2, -0.15) is 5.26 Å². The molecule has 0 aromatic heterocycles. The number of carboxylic acids is 1. The summed E-state index contributed by atoms with van der Waals surface area (Å²) in [6.07, 6.45) is 2.66. The molecule has 0 heterocycles. The van der Waals surface area contributed by atoms with Crippen LogP contribution in [-0.2, 0) is 0 Å². The number of carbonyl (C=O) groups is 1. The molecule has 0 saturated carbocycles. The molecule has 4 heteroatoms. The minimum absolute atomic E-state index is 0.0616. The van der Waals surface area contributed by atoms with Crippen LogP contribution in [0.15, 0.2) is 24.3 Å². The Morgan fingerprint density at radius 1 is 1.60 bits per heavy atom. The normalized spacial score (nSPS) is 9.87. The van der Waals surface area contributed by atoms with Gasteiger partial charge in [0.1, 0.15) is 11.3 Å². The predicted molar refractivity (Wildman–Crippen MR) is 54.6 cm³/mol. The van der Waals surface area contributed by atoms with Gasteiger partial charge in [0.15, 0.2) is 0 Å². The molecule has 0 amide bonds. The van der Waals surface area contributed by atoms with Crippen LogP contribution < -0.4 is 4.74 Å². The van der Waals surface area contributed by atoms with Crippen molar-refractivity contribution in [1.82, 2.24) is 0 Å². The van der Waals surface area contributed by atoms with Crippen LogP contribution in [0.1, 0.15) is 15.9 Å². The number of hydrogen-bond acceptors (Lipinski definition) is 3. The zero-order chi connectivity index (χ0) is 11.3. The molecule has 0 bridgehead atoms. The van der Waals surface area contributed by atoms with Crippen LogP contribution in [0.4, 0.5) is 0 Å². The number of rotatable bonds is 3. The summed E-state index contributed by atoms with van der Waals surface area (Å²) in [6.45, 7) is 0. The molecule has 0 aliphatic rings. The number of benzene rings is 1. The van der Waals surface area contributed by atoms with Gasteiger partial charge < -0.3 is 9.84 Å². The molecule has 0 radical (unpaired) electrons. The van der Waals surface area contributed by atoms with Crippen LogP contribution in [0.3, 0.4) is 0 Å². The first-order valence-corrected chi connectivity index (χ1v) is 4.17. The highest BCUT2D eigenvalue weighted by atomic mass is 16.5. The first kappa shape index (κ1) is 10.8. The van der Waals surface area contributed by atoms with Gasteiger partial charge in [-0.3, -0.25) is 0 Å². The highest BCUT2D eigenvalue weighted by molar-refractivity contribution is 5.95. The van der Waals surface area contributed by atoms with Crippen molar-refractivity contribution in [2.75, 3.05) is 7.11 Å². The standard InChI is InChI=1S/C11H9NO3/c1-15-9-6-2-4-8(5-3-7-12)10(9)11(13)14/h2-6H,1H3,(H,13,14). The van der Waals surface area contributed by atoms with Gasteiger partial charge in [0, 0.05) is 6.08 Å². The molecule has 15 heavy (non-hydrogen) atoms. The molecule has 1 N–H and O–H groups in total. The molecule has 0 atom stereocenters. The van der Waals surface area contributed by atoms with Gasteiger partial charge in [-0.1, -0.05) is 12.1 Å². The van der Waals surface area contributed by atoms with Gasteiger partial charge in [-0.25, -0.2) is 4.79 Å². The smallest absolute Gasteiger partial charge is 0.340 e. The summed E-state index contributed by atoms with van der Waals surface area (Å²) >= 11 is 0. The van der Waals surface area contributed by atoms with Crippen molar-refractivity contribution in [1.29, 1.82) is 5.26 Å². The number of aromatic carboxylic acids is 1. The summed E-state index contributed by atoms with van der Waals surface area (Å²) in [4.78, 5) is 11.0. The fraction of sp³-hybridized carbons (Fsp3) is 0.0909. The lowest BCUT2D eigenvalue weighted by molar-refractivity contribution is 0.0693. The summed E-state index contributed by atoms with van der Waals surface area (Å²) in [6, 6.07) is 6.65. The summed E-state index contributed by atoms with van der Waals surface area (Å²) in [7, 11) is 1.40. The van der Waals surface area contributed by atoms with Crippen LogP contribution in [-0.4, -0.2) is 18.2 Å². The molecule has 0 fully saturated rings. The van der Waals surface area contributed by atoms with Gasteiger partial charge in [0.25, 0.3) is 0 Å². The van der Waals surface area contributed by atoms with Crippen molar-refractivity contribution in [3.63, 3.8) is 0 Å². The molecule has 1 rings (SSSR count). The van der Waals surface area contributed by atoms with Crippen LogP contribution in [0.25, 0.3) is 6.08 Å². The third-order valence-electron chi connectivity index (χ3n) is 1.83.